The van der Waals surface area contributed by atoms with E-state index in [0.29, 0.717) is 19.4 Å². The first-order valence-corrected chi connectivity index (χ1v) is 8.12. The molecule has 0 bridgehead atoms. The molecule has 0 spiro atoms. The van der Waals surface area contributed by atoms with Gasteiger partial charge in [-0.3, -0.25) is 9.59 Å². The largest absolute Gasteiger partial charge is 0.343 e. The van der Waals surface area contributed by atoms with Crippen LogP contribution in [0.2, 0.25) is 0 Å². The van der Waals surface area contributed by atoms with Crippen LogP contribution in [0.3, 0.4) is 0 Å². The van der Waals surface area contributed by atoms with Gasteiger partial charge < -0.3 is 21.3 Å². The lowest BCUT2D eigenvalue weighted by molar-refractivity contribution is -0.136. The summed E-state index contributed by atoms with van der Waals surface area (Å²) in [6.45, 7) is 6.28. The Morgan fingerprint density at radius 2 is 2.18 bits per heavy atom. The maximum absolute atomic E-state index is 12.9. The van der Waals surface area contributed by atoms with Crippen molar-refractivity contribution in [2.24, 2.45) is 5.73 Å². The van der Waals surface area contributed by atoms with Gasteiger partial charge >= 0.3 is 0 Å². The smallest absolute Gasteiger partial charge is 0.249 e. The summed E-state index contributed by atoms with van der Waals surface area (Å²) in [6, 6.07) is -0.662. The lowest BCUT2D eigenvalue weighted by Crippen LogP contribution is -2.52. The Morgan fingerprint density at radius 1 is 1.50 bits per heavy atom. The number of nitrogens with zero attached hydrogens (tertiary/aromatic N) is 1. The molecule has 2 amide bonds. The van der Waals surface area contributed by atoms with Crippen molar-refractivity contribution in [3.63, 3.8) is 0 Å². The zero-order valence-electron chi connectivity index (χ0n) is 14.2. The highest BCUT2D eigenvalue weighted by Gasteiger charge is 2.34. The minimum Gasteiger partial charge on any atom is -0.343 e. The molecule has 0 aromatic rings. The van der Waals surface area contributed by atoms with Crippen molar-refractivity contribution in [2.75, 3.05) is 13.6 Å². The molecule has 0 aromatic heterocycles. The van der Waals surface area contributed by atoms with Gasteiger partial charge in [-0.15, -0.1) is 0 Å². The maximum atomic E-state index is 12.9. The Labute approximate surface area is 133 Å². The first kappa shape index (κ1) is 18.6. The molecule has 22 heavy (non-hydrogen) atoms. The number of nitrogens with one attached hydrogen (secondary N) is 2. The number of nitrogens with two attached hydrogens (primary N) is 1. The third kappa shape index (κ3) is 4.55. The first-order chi connectivity index (χ1) is 10.5. The summed E-state index contributed by atoms with van der Waals surface area (Å²) < 4.78 is 0. The van der Waals surface area contributed by atoms with Crippen LogP contribution in [0.1, 0.15) is 46.5 Å². The molecule has 1 aliphatic rings. The molecule has 1 fully saturated rings. The third-order valence-corrected chi connectivity index (χ3v) is 4.28. The second-order valence-corrected chi connectivity index (χ2v) is 5.88. The molecule has 1 rings (SSSR count). The molecular weight excluding hydrogens is 280 g/mol. The van der Waals surface area contributed by atoms with Gasteiger partial charge in [0.1, 0.15) is 6.04 Å². The van der Waals surface area contributed by atoms with E-state index in [4.69, 9.17) is 5.73 Å². The summed E-state index contributed by atoms with van der Waals surface area (Å²) in [5.74, 6) is -0.185. The summed E-state index contributed by atoms with van der Waals surface area (Å²) in [6.07, 6.45) is 5.14. The van der Waals surface area contributed by atoms with E-state index >= 15 is 0 Å². The molecule has 1 saturated heterocycles. The Bertz CT molecular complexity index is 422. The molecule has 1 unspecified atom stereocenters. The third-order valence-electron chi connectivity index (χ3n) is 4.28. The number of amides is 2. The van der Waals surface area contributed by atoms with Crippen molar-refractivity contribution in [3.8, 4) is 0 Å². The van der Waals surface area contributed by atoms with Crippen LogP contribution in [0.5, 0.6) is 0 Å². The molecule has 126 valence electrons. The highest BCUT2D eigenvalue weighted by molar-refractivity contribution is 5.90. The molecule has 0 aromatic carbocycles. The van der Waals surface area contributed by atoms with Crippen LogP contribution in [0.4, 0.5) is 0 Å². The van der Waals surface area contributed by atoms with Crippen molar-refractivity contribution < 1.29 is 9.59 Å². The fourth-order valence-corrected chi connectivity index (χ4v) is 2.71. The molecule has 0 aliphatic carbocycles. The van der Waals surface area contributed by atoms with Gasteiger partial charge in [-0.2, -0.15) is 0 Å². The van der Waals surface area contributed by atoms with Gasteiger partial charge in [0.2, 0.25) is 11.8 Å². The summed E-state index contributed by atoms with van der Waals surface area (Å²) in [7, 11) is 1.72. The number of carbonyl (C=O) groups is 2. The highest BCUT2D eigenvalue weighted by Crippen LogP contribution is 2.28. The van der Waals surface area contributed by atoms with E-state index in [0.717, 1.165) is 18.5 Å². The van der Waals surface area contributed by atoms with Gasteiger partial charge in [-0.05, 0) is 60.0 Å². The van der Waals surface area contributed by atoms with Crippen LogP contribution in [0, 0.1) is 0 Å². The second-order valence-electron chi connectivity index (χ2n) is 5.88. The van der Waals surface area contributed by atoms with Crippen LogP contribution in [0.25, 0.3) is 0 Å². The van der Waals surface area contributed by atoms with E-state index in [1.165, 1.54) is 0 Å². The normalized spacial score (nSPS) is 22.7. The molecule has 6 nitrogen and oxygen atoms in total. The number of hydrogen-bond donors (Lipinski definition) is 3. The number of likely N-dealkylation sites (N-methyl/N-ethyl adjacent to an activating group) is 1. The van der Waals surface area contributed by atoms with Gasteiger partial charge in [0.25, 0.3) is 0 Å². The van der Waals surface area contributed by atoms with E-state index < -0.39 is 6.04 Å². The zero-order chi connectivity index (χ0) is 16.7. The van der Waals surface area contributed by atoms with Crippen molar-refractivity contribution in [1.82, 2.24) is 15.5 Å². The van der Waals surface area contributed by atoms with Crippen LogP contribution in [-0.4, -0.2) is 48.4 Å². The van der Waals surface area contributed by atoms with Crippen molar-refractivity contribution in [3.05, 3.63) is 11.8 Å². The quantitative estimate of drug-likeness (QED) is 0.647. The van der Waals surface area contributed by atoms with Crippen LogP contribution in [0.15, 0.2) is 11.8 Å². The van der Waals surface area contributed by atoms with Gasteiger partial charge in [-0.25, -0.2) is 0 Å². The fourth-order valence-electron chi connectivity index (χ4n) is 2.71. The minimum atomic E-state index is -0.512. The van der Waals surface area contributed by atoms with Crippen molar-refractivity contribution >= 4 is 11.8 Å². The first-order valence-electron chi connectivity index (χ1n) is 8.12. The minimum absolute atomic E-state index is 0.0248. The van der Waals surface area contributed by atoms with Crippen molar-refractivity contribution in [2.45, 2.75) is 64.6 Å². The highest BCUT2D eigenvalue weighted by atomic mass is 16.2. The zero-order valence-corrected chi connectivity index (χ0v) is 14.2. The molecule has 4 N–H and O–H groups in total. The average Bonchev–Trinajstić information content (AvgIpc) is 2.90. The molecule has 0 radical (unpaired) electrons. The fraction of sp³-hybridized carbons (Fsp3) is 0.750. The number of hydrogen-bond acceptors (Lipinski definition) is 4. The van der Waals surface area contributed by atoms with E-state index in [1.54, 1.807) is 14.0 Å². The van der Waals surface area contributed by atoms with E-state index in [9.17, 15) is 9.59 Å². The summed E-state index contributed by atoms with van der Waals surface area (Å²) >= 11 is 0. The Hall–Kier alpha value is -1.40. The van der Waals surface area contributed by atoms with E-state index in [1.807, 2.05) is 24.8 Å². The maximum Gasteiger partial charge on any atom is 0.249 e. The number of likely N-dealkylation sites (tertiary alicyclic amines) is 1. The molecule has 0 saturated carbocycles. The molecule has 1 aliphatic heterocycles. The predicted molar refractivity (Wildman–Crippen MR) is 88.0 cm³/mol. The number of rotatable bonds is 7. The average molecular weight is 310 g/mol. The van der Waals surface area contributed by atoms with Gasteiger partial charge in [0.15, 0.2) is 0 Å². The summed E-state index contributed by atoms with van der Waals surface area (Å²) in [5, 5.41) is 5.76. The Balaban J connectivity index is 2.86. The van der Waals surface area contributed by atoms with Crippen LogP contribution >= 0.6 is 0 Å². The summed E-state index contributed by atoms with van der Waals surface area (Å²) in [5.41, 5.74) is 6.61. The molecular formula is C16H30N4O2. The molecule has 6 heteroatoms. The van der Waals surface area contributed by atoms with E-state index in [2.05, 4.69) is 10.6 Å². The van der Waals surface area contributed by atoms with Crippen LogP contribution < -0.4 is 16.4 Å². The molecule has 3 atom stereocenters. The SMILES string of the molecule is C/C=C1\CCC(C)N1C(=O)[C@H](CCCN)NC(=O)[C@H](C)NC. The lowest BCUT2D eigenvalue weighted by atomic mass is 10.1. The molecule has 1 heterocycles. The lowest BCUT2D eigenvalue weighted by Gasteiger charge is -2.29. The van der Waals surface area contributed by atoms with Gasteiger partial charge in [0, 0.05) is 11.7 Å². The Morgan fingerprint density at radius 3 is 2.73 bits per heavy atom. The van der Waals surface area contributed by atoms with Gasteiger partial charge in [-0.1, -0.05) is 6.08 Å². The van der Waals surface area contributed by atoms with Gasteiger partial charge in [0.05, 0.1) is 6.04 Å². The predicted octanol–water partition coefficient (Wildman–Crippen LogP) is 0.733. The van der Waals surface area contributed by atoms with Crippen LogP contribution in [-0.2, 0) is 9.59 Å². The Kier molecular flexibility index (Phi) is 7.55. The van der Waals surface area contributed by atoms with E-state index in [-0.39, 0.29) is 23.9 Å². The monoisotopic (exact) mass is 310 g/mol. The number of carbonyl (C=O) groups excluding carboxylic acids is 2. The topological polar surface area (TPSA) is 87.5 Å². The standard InChI is InChI=1S/C16H30N4O2/c1-5-13-9-8-11(2)20(13)16(22)14(7-6-10-17)19-15(21)12(3)18-4/h5,11-12,14,18H,6-10,17H2,1-4H3,(H,19,21)/b13-5+/t11?,12-,14-/m0/s1. The van der Waals surface area contributed by atoms with Crippen molar-refractivity contribution in [1.29, 1.82) is 0 Å². The summed E-state index contributed by atoms with van der Waals surface area (Å²) in [4.78, 5) is 26.8. The second kappa shape index (κ2) is 8.90. The number of allylic oxidation sites excluding steroid dienone is 2.